The molecule has 1 aromatic carbocycles. The van der Waals surface area contributed by atoms with E-state index in [0.29, 0.717) is 0 Å². The van der Waals surface area contributed by atoms with Gasteiger partial charge in [-0.25, -0.2) is 18.6 Å². The second kappa shape index (κ2) is 7.30. The standard InChI is InChI=1S/C15H14F2N4O2/c1-18-14(22)13(9-5-6-10(16)11(17)8-9)21-15(23)20-12-4-2-3-7-19-12/h2-8,13H,1H3,(H,18,22)(H2,19,20,21,23). The van der Waals surface area contributed by atoms with Crippen LogP contribution >= 0.6 is 0 Å². The van der Waals surface area contributed by atoms with Crippen LogP contribution in [0, 0.1) is 11.6 Å². The number of likely N-dealkylation sites (N-methyl/N-ethyl adjacent to an activating group) is 1. The third-order valence-electron chi connectivity index (χ3n) is 2.97. The lowest BCUT2D eigenvalue weighted by Gasteiger charge is -2.18. The lowest BCUT2D eigenvalue weighted by atomic mass is 10.1. The number of nitrogens with zero attached hydrogens (tertiary/aromatic N) is 1. The van der Waals surface area contributed by atoms with Crippen LogP contribution in [0.1, 0.15) is 11.6 Å². The van der Waals surface area contributed by atoms with Crippen molar-refractivity contribution in [1.82, 2.24) is 15.6 Å². The maximum atomic E-state index is 13.3. The van der Waals surface area contributed by atoms with Crippen LogP contribution in [0.3, 0.4) is 0 Å². The minimum absolute atomic E-state index is 0.111. The number of halogens is 2. The summed E-state index contributed by atoms with van der Waals surface area (Å²) in [6.07, 6.45) is 1.49. The van der Waals surface area contributed by atoms with Crippen LogP contribution in [-0.2, 0) is 4.79 Å². The number of rotatable bonds is 4. The topological polar surface area (TPSA) is 83.1 Å². The summed E-state index contributed by atoms with van der Waals surface area (Å²) in [6.45, 7) is 0. The predicted octanol–water partition coefficient (Wildman–Crippen LogP) is 1.97. The highest BCUT2D eigenvalue weighted by Crippen LogP contribution is 2.17. The third-order valence-corrected chi connectivity index (χ3v) is 2.97. The quantitative estimate of drug-likeness (QED) is 0.805. The lowest BCUT2D eigenvalue weighted by Crippen LogP contribution is -2.41. The van der Waals surface area contributed by atoms with Gasteiger partial charge in [-0.3, -0.25) is 10.1 Å². The van der Waals surface area contributed by atoms with E-state index in [1.807, 2.05) is 0 Å². The zero-order chi connectivity index (χ0) is 16.8. The van der Waals surface area contributed by atoms with Gasteiger partial charge in [-0.05, 0) is 29.8 Å². The van der Waals surface area contributed by atoms with E-state index in [1.165, 1.54) is 19.3 Å². The van der Waals surface area contributed by atoms with E-state index in [9.17, 15) is 18.4 Å². The fourth-order valence-electron chi connectivity index (χ4n) is 1.86. The Hall–Kier alpha value is -3.03. The van der Waals surface area contributed by atoms with E-state index in [4.69, 9.17) is 0 Å². The van der Waals surface area contributed by atoms with Gasteiger partial charge in [0, 0.05) is 13.2 Å². The van der Waals surface area contributed by atoms with Gasteiger partial charge in [0.05, 0.1) is 0 Å². The molecule has 0 aliphatic rings. The summed E-state index contributed by atoms with van der Waals surface area (Å²) in [5.74, 6) is -2.44. The Morgan fingerprint density at radius 1 is 1.13 bits per heavy atom. The minimum Gasteiger partial charge on any atom is -0.357 e. The molecular weight excluding hydrogens is 306 g/mol. The molecule has 8 heteroatoms. The molecule has 1 heterocycles. The number of benzene rings is 1. The van der Waals surface area contributed by atoms with E-state index in [0.717, 1.165) is 12.1 Å². The smallest absolute Gasteiger partial charge is 0.321 e. The van der Waals surface area contributed by atoms with Crippen molar-refractivity contribution in [2.24, 2.45) is 0 Å². The van der Waals surface area contributed by atoms with Gasteiger partial charge in [0.1, 0.15) is 11.9 Å². The van der Waals surface area contributed by atoms with Crippen LogP contribution < -0.4 is 16.0 Å². The Balaban J connectivity index is 2.17. The van der Waals surface area contributed by atoms with Crippen LogP contribution in [0.25, 0.3) is 0 Å². The van der Waals surface area contributed by atoms with E-state index < -0.39 is 29.6 Å². The molecule has 0 saturated carbocycles. The minimum atomic E-state index is -1.18. The molecule has 6 nitrogen and oxygen atoms in total. The maximum absolute atomic E-state index is 13.3. The van der Waals surface area contributed by atoms with E-state index in [-0.39, 0.29) is 11.4 Å². The molecule has 1 aromatic heterocycles. The summed E-state index contributed by atoms with van der Waals surface area (Å²) in [7, 11) is 1.37. The monoisotopic (exact) mass is 320 g/mol. The van der Waals surface area contributed by atoms with Gasteiger partial charge >= 0.3 is 6.03 Å². The van der Waals surface area contributed by atoms with Gasteiger partial charge in [-0.1, -0.05) is 12.1 Å². The number of nitrogens with one attached hydrogen (secondary N) is 3. The van der Waals surface area contributed by atoms with E-state index >= 15 is 0 Å². The van der Waals surface area contributed by atoms with Crippen LogP contribution in [0.15, 0.2) is 42.6 Å². The second-order valence-corrected chi connectivity index (χ2v) is 4.53. The van der Waals surface area contributed by atoms with Crippen molar-refractivity contribution in [1.29, 1.82) is 0 Å². The van der Waals surface area contributed by atoms with Gasteiger partial charge in [-0.2, -0.15) is 0 Å². The van der Waals surface area contributed by atoms with Gasteiger partial charge < -0.3 is 10.6 Å². The van der Waals surface area contributed by atoms with E-state index in [1.54, 1.807) is 18.2 Å². The fraction of sp³-hybridized carbons (Fsp3) is 0.133. The first-order valence-electron chi connectivity index (χ1n) is 6.66. The highest BCUT2D eigenvalue weighted by atomic mass is 19.2. The first kappa shape index (κ1) is 16.3. The van der Waals surface area contributed by atoms with Gasteiger partial charge in [0.15, 0.2) is 11.6 Å². The second-order valence-electron chi connectivity index (χ2n) is 4.53. The molecule has 1 atom stereocenters. The third kappa shape index (κ3) is 4.22. The van der Waals surface area contributed by atoms with Crippen molar-refractivity contribution in [3.63, 3.8) is 0 Å². The molecule has 1 unspecified atom stereocenters. The Morgan fingerprint density at radius 3 is 2.52 bits per heavy atom. The summed E-state index contributed by atoms with van der Waals surface area (Å²) in [6, 6.07) is 5.99. The van der Waals surface area contributed by atoms with Crippen LogP contribution in [-0.4, -0.2) is 24.0 Å². The van der Waals surface area contributed by atoms with E-state index in [2.05, 4.69) is 20.9 Å². The van der Waals surface area contributed by atoms with Crippen LogP contribution in [0.2, 0.25) is 0 Å². The number of pyridine rings is 1. The average molecular weight is 320 g/mol. The summed E-state index contributed by atoms with van der Waals surface area (Å²) in [4.78, 5) is 27.8. The number of urea groups is 1. The molecular formula is C15H14F2N4O2. The molecule has 3 amide bonds. The molecule has 3 N–H and O–H groups in total. The molecule has 2 rings (SSSR count). The molecule has 0 fully saturated rings. The Kier molecular flexibility index (Phi) is 5.19. The molecule has 0 radical (unpaired) electrons. The predicted molar refractivity (Wildman–Crippen MR) is 79.6 cm³/mol. The zero-order valence-corrected chi connectivity index (χ0v) is 12.1. The van der Waals surface area contributed by atoms with Crippen LogP contribution in [0.4, 0.5) is 19.4 Å². The van der Waals surface area contributed by atoms with Crippen molar-refractivity contribution in [2.75, 3.05) is 12.4 Å². The molecule has 0 saturated heterocycles. The number of carbonyl (C=O) groups excluding carboxylic acids is 2. The number of hydrogen-bond acceptors (Lipinski definition) is 3. The number of carbonyl (C=O) groups is 2. The lowest BCUT2D eigenvalue weighted by molar-refractivity contribution is -0.122. The average Bonchev–Trinajstić information content (AvgIpc) is 2.55. The number of anilines is 1. The largest absolute Gasteiger partial charge is 0.357 e. The number of hydrogen-bond donors (Lipinski definition) is 3. The summed E-state index contributed by atoms with van der Waals surface area (Å²) in [5, 5.41) is 7.18. The highest BCUT2D eigenvalue weighted by molar-refractivity contribution is 5.93. The molecule has 120 valence electrons. The van der Waals surface area contributed by atoms with Crippen molar-refractivity contribution in [3.8, 4) is 0 Å². The zero-order valence-electron chi connectivity index (χ0n) is 12.1. The molecule has 0 aliphatic heterocycles. The fourth-order valence-corrected chi connectivity index (χ4v) is 1.86. The van der Waals surface area contributed by atoms with Gasteiger partial charge in [-0.15, -0.1) is 0 Å². The normalized spacial score (nSPS) is 11.4. The Morgan fingerprint density at radius 2 is 1.91 bits per heavy atom. The van der Waals surface area contributed by atoms with Gasteiger partial charge in [0.25, 0.3) is 0 Å². The van der Waals surface area contributed by atoms with Crippen molar-refractivity contribution in [2.45, 2.75) is 6.04 Å². The summed E-state index contributed by atoms with van der Waals surface area (Å²) < 4.78 is 26.4. The summed E-state index contributed by atoms with van der Waals surface area (Å²) in [5.41, 5.74) is 0.111. The van der Waals surface area contributed by atoms with Crippen molar-refractivity contribution in [3.05, 3.63) is 59.8 Å². The van der Waals surface area contributed by atoms with Gasteiger partial charge in [0.2, 0.25) is 5.91 Å². The Labute approximate surface area is 130 Å². The first-order chi connectivity index (χ1) is 11.0. The molecule has 0 spiro atoms. The molecule has 0 bridgehead atoms. The highest BCUT2D eigenvalue weighted by Gasteiger charge is 2.23. The Bertz CT molecular complexity index is 710. The SMILES string of the molecule is CNC(=O)C(NC(=O)Nc1ccccn1)c1ccc(F)c(F)c1. The first-order valence-corrected chi connectivity index (χ1v) is 6.66. The van der Waals surface area contributed by atoms with Crippen LogP contribution in [0.5, 0.6) is 0 Å². The van der Waals surface area contributed by atoms with Crippen molar-refractivity contribution < 1.29 is 18.4 Å². The molecule has 23 heavy (non-hydrogen) atoms. The molecule has 2 aromatic rings. The number of amides is 3. The number of aromatic nitrogens is 1. The molecule has 0 aliphatic carbocycles. The maximum Gasteiger partial charge on any atom is 0.321 e. The van der Waals surface area contributed by atoms with Crippen molar-refractivity contribution >= 4 is 17.8 Å². The summed E-state index contributed by atoms with van der Waals surface area (Å²) >= 11 is 0.